The maximum absolute atomic E-state index is 6.07. The molecule has 1 N–H and O–H groups in total. The molecule has 1 aliphatic heterocycles. The van der Waals surface area contributed by atoms with E-state index < -0.39 is 0 Å². The van der Waals surface area contributed by atoms with E-state index in [1.807, 2.05) is 6.07 Å². The minimum absolute atomic E-state index is 0.428. The summed E-state index contributed by atoms with van der Waals surface area (Å²) in [7, 11) is 0. The summed E-state index contributed by atoms with van der Waals surface area (Å²) in [6.45, 7) is 2.09. The first-order valence-corrected chi connectivity index (χ1v) is 5.14. The average Bonchev–Trinajstić information content (AvgIpc) is 2.72. The van der Waals surface area contributed by atoms with Gasteiger partial charge in [-0.05, 0) is 43.4 Å². The van der Waals surface area contributed by atoms with Gasteiger partial charge in [-0.25, -0.2) is 0 Å². The normalized spacial score (nSPS) is 21.4. The van der Waals surface area contributed by atoms with Gasteiger partial charge in [0.05, 0.1) is 0 Å². The molecule has 1 heterocycles. The standard InChI is InChI=1S/C11H12ClN/c1-7-9(12)3-2-8-6-11(4-5-11)13-10(7)8/h2-3,13H,4-6H2,1H3. The number of nitrogens with one attached hydrogen (secondary N) is 1. The Morgan fingerprint density at radius 3 is 2.85 bits per heavy atom. The zero-order valence-corrected chi connectivity index (χ0v) is 8.41. The first kappa shape index (κ1) is 7.69. The molecule has 1 aromatic rings. The summed E-state index contributed by atoms with van der Waals surface area (Å²) < 4.78 is 0. The van der Waals surface area contributed by atoms with Crippen LogP contribution >= 0.6 is 11.6 Å². The van der Waals surface area contributed by atoms with Crippen LogP contribution in [-0.4, -0.2) is 5.54 Å². The molecule has 0 amide bonds. The number of halogens is 1. The molecule has 2 heteroatoms. The average molecular weight is 194 g/mol. The van der Waals surface area contributed by atoms with Gasteiger partial charge in [-0.2, -0.15) is 0 Å². The van der Waals surface area contributed by atoms with Crippen LogP contribution in [0.15, 0.2) is 12.1 Å². The first-order chi connectivity index (χ1) is 6.20. The smallest absolute Gasteiger partial charge is 0.0455 e. The predicted molar refractivity (Wildman–Crippen MR) is 55.5 cm³/mol. The Hall–Kier alpha value is -0.690. The first-order valence-electron chi connectivity index (χ1n) is 4.76. The number of fused-ring (bicyclic) bond motifs is 1. The molecular formula is C11H12ClN. The van der Waals surface area contributed by atoms with Gasteiger partial charge in [0.1, 0.15) is 0 Å². The van der Waals surface area contributed by atoms with E-state index in [1.165, 1.54) is 36.1 Å². The van der Waals surface area contributed by atoms with Crippen LogP contribution in [0.1, 0.15) is 24.0 Å². The lowest BCUT2D eigenvalue weighted by atomic mass is 10.1. The summed E-state index contributed by atoms with van der Waals surface area (Å²) in [6, 6.07) is 4.17. The zero-order valence-electron chi connectivity index (χ0n) is 7.65. The highest BCUT2D eigenvalue weighted by Crippen LogP contribution is 2.49. The van der Waals surface area contributed by atoms with Crippen LogP contribution in [0.4, 0.5) is 5.69 Å². The highest BCUT2D eigenvalue weighted by molar-refractivity contribution is 6.31. The van der Waals surface area contributed by atoms with Crippen molar-refractivity contribution in [2.24, 2.45) is 0 Å². The lowest BCUT2D eigenvalue weighted by molar-refractivity contribution is 0.771. The van der Waals surface area contributed by atoms with Crippen LogP contribution < -0.4 is 5.32 Å². The van der Waals surface area contributed by atoms with Gasteiger partial charge in [-0.3, -0.25) is 0 Å². The van der Waals surface area contributed by atoms with Crippen molar-refractivity contribution >= 4 is 17.3 Å². The molecule has 0 atom stereocenters. The molecule has 0 bridgehead atoms. The highest BCUT2D eigenvalue weighted by atomic mass is 35.5. The predicted octanol–water partition coefficient (Wildman–Crippen LogP) is 3.15. The molecule has 1 aromatic carbocycles. The van der Waals surface area contributed by atoms with Crippen molar-refractivity contribution < 1.29 is 0 Å². The second kappa shape index (κ2) is 2.21. The second-order valence-corrected chi connectivity index (χ2v) is 4.70. The van der Waals surface area contributed by atoms with Crippen molar-refractivity contribution in [3.05, 3.63) is 28.3 Å². The molecule has 1 spiro atoms. The van der Waals surface area contributed by atoms with E-state index in [9.17, 15) is 0 Å². The Balaban J connectivity index is 2.13. The van der Waals surface area contributed by atoms with Crippen LogP contribution in [0.5, 0.6) is 0 Å². The Kier molecular flexibility index (Phi) is 1.31. The maximum atomic E-state index is 6.07. The van der Waals surface area contributed by atoms with Gasteiger partial charge in [0.15, 0.2) is 0 Å². The Morgan fingerprint density at radius 2 is 2.15 bits per heavy atom. The van der Waals surface area contributed by atoms with Crippen LogP contribution in [-0.2, 0) is 6.42 Å². The summed E-state index contributed by atoms with van der Waals surface area (Å²) in [5, 5.41) is 4.49. The number of rotatable bonds is 0. The lowest BCUT2D eigenvalue weighted by Crippen LogP contribution is -2.16. The summed E-state index contributed by atoms with van der Waals surface area (Å²) >= 11 is 6.07. The molecule has 2 aliphatic rings. The molecular weight excluding hydrogens is 182 g/mol. The van der Waals surface area contributed by atoms with E-state index in [0.29, 0.717) is 5.54 Å². The fourth-order valence-corrected chi connectivity index (χ4v) is 2.35. The third-order valence-electron chi connectivity index (χ3n) is 3.26. The third kappa shape index (κ3) is 1.000. The summed E-state index contributed by atoms with van der Waals surface area (Å²) in [6.07, 6.45) is 3.83. The van der Waals surface area contributed by atoms with Crippen molar-refractivity contribution in [2.45, 2.75) is 31.7 Å². The number of anilines is 1. The van der Waals surface area contributed by atoms with Gasteiger partial charge in [-0.15, -0.1) is 0 Å². The Bertz CT molecular complexity index is 380. The van der Waals surface area contributed by atoms with Crippen LogP contribution in [0, 0.1) is 6.92 Å². The molecule has 13 heavy (non-hydrogen) atoms. The summed E-state index contributed by atoms with van der Waals surface area (Å²) in [4.78, 5) is 0. The fourth-order valence-electron chi connectivity index (χ4n) is 2.19. The van der Waals surface area contributed by atoms with Gasteiger partial charge < -0.3 is 5.32 Å². The van der Waals surface area contributed by atoms with E-state index in [0.717, 1.165) is 5.02 Å². The van der Waals surface area contributed by atoms with Gasteiger partial charge in [0.25, 0.3) is 0 Å². The second-order valence-electron chi connectivity index (χ2n) is 4.29. The quantitative estimate of drug-likeness (QED) is 0.668. The van der Waals surface area contributed by atoms with Crippen LogP contribution in [0.25, 0.3) is 0 Å². The molecule has 0 saturated heterocycles. The van der Waals surface area contributed by atoms with Crippen molar-refractivity contribution in [3.63, 3.8) is 0 Å². The zero-order chi connectivity index (χ0) is 9.05. The lowest BCUT2D eigenvalue weighted by Gasteiger charge is -2.09. The topological polar surface area (TPSA) is 12.0 Å². The molecule has 1 nitrogen and oxygen atoms in total. The molecule has 1 saturated carbocycles. The molecule has 0 aromatic heterocycles. The molecule has 68 valence electrons. The number of hydrogen-bond acceptors (Lipinski definition) is 1. The minimum Gasteiger partial charge on any atom is -0.379 e. The SMILES string of the molecule is Cc1c(Cl)ccc2c1NC1(CC1)C2. The Labute approximate surface area is 83.1 Å². The van der Waals surface area contributed by atoms with Crippen molar-refractivity contribution in [2.75, 3.05) is 5.32 Å². The third-order valence-corrected chi connectivity index (χ3v) is 3.67. The highest BCUT2D eigenvalue weighted by Gasteiger charge is 2.47. The van der Waals surface area contributed by atoms with Crippen molar-refractivity contribution in [3.8, 4) is 0 Å². The minimum atomic E-state index is 0.428. The van der Waals surface area contributed by atoms with Gasteiger partial charge in [-0.1, -0.05) is 17.7 Å². The molecule has 0 unspecified atom stereocenters. The van der Waals surface area contributed by atoms with Crippen LogP contribution in [0.3, 0.4) is 0 Å². The summed E-state index contributed by atoms with van der Waals surface area (Å²) in [5.74, 6) is 0. The van der Waals surface area contributed by atoms with Crippen LogP contribution in [0.2, 0.25) is 5.02 Å². The van der Waals surface area contributed by atoms with Gasteiger partial charge >= 0.3 is 0 Å². The fraction of sp³-hybridized carbons (Fsp3) is 0.455. The molecule has 3 rings (SSSR count). The summed E-state index contributed by atoms with van der Waals surface area (Å²) in [5.41, 5.74) is 4.38. The van der Waals surface area contributed by atoms with Gasteiger partial charge in [0, 0.05) is 16.2 Å². The van der Waals surface area contributed by atoms with Crippen molar-refractivity contribution in [1.29, 1.82) is 0 Å². The molecule has 1 fully saturated rings. The largest absolute Gasteiger partial charge is 0.379 e. The molecule has 1 aliphatic carbocycles. The van der Waals surface area contributed by atoms with E-state index in [-0.39, 0.29) is 0 Å². The molecule has 0 radical (unpaired) electrons. The Morgan fingerprint density at radius 1 is 1.38 bits per heavy atom. The van der Waals surface area contributed by atoms with Crippen molar-refractivity contribution in [1.82, 2.24) is 0 Å². The number of hydrogen-bond donors (Lipinski definition) is 1. The monoisotopic (exact) mass is 193 g/mol. The van der Waals surface area contributed by atoms with E-state index in [1.54, 1.807) is 0 Å². The van der Waals surface area contributed by atoms with E-state index >= 15 is 0 Å². The maximum Gasteiger partial charge on any atom is 0.0455 e. The van der Waals surface area contributed by atoms with Gasteiger partial charge in [0.2, 0.25) is 0 Å². The van der Waals surface area contributed by atoms with E-state index in [2.05, 4.69) is 18.3 Å². The number of benzene rings is 1. The van der Waals surface area contributed by atoms with E-state index in [4.69, 9.17) is 11.6 Å².